The second kappa shape index (κ2) is 8.10. The van der Waals surface area contributed by atoms with E-state index >= 15 is 0 Å². The quantitative estimate of drug-likeness (QED) is 0.385. The lowest BCUT2D eigenvalue weighted by Crippen LogP contribution is -1.96. The molecule has 33 heavy (non-hydrogen) atoms. The van der Waals surface area contributed by atoms with Crippen molar-refractivity contribution in [2.24, 2.45) is 0 Å². The molecule has 0 fully saturated rings. The number of aromatic nitrogens is 4. The summed E-state index contributed by atoms with van der Waals surface area (Å²) in [6.45, 7) is 0. The van der Waals surface area contributed by atoms with E-state index in [9.17, 15) is 12.8 Å². The second-order valence-corrected chi connectivity index (χ2v) is 9.58. The highest BCUT2D eigenvalue weighted by molar-refractivity contribution is 7.90. The van der Waals surface area contributed by atoms with Gasteiger partial charge in [-0.25, -0.2) is 27.8 Å². The molecule has 0 bridgehead atoms. The van der Waals surface area contributed by atoms with Crippen molar-refractivity contribution < 1.29 is 12.8 Å². The molecule has 2 heterocycles. The molecule has 0 aliphatic carbocycles. The van der Waals surface area contributed by atoms with Crippen molar-refractivity contribution in [2.75, 3.05) is 11.6 Å². The molecule has 2 N–H and O–H groups in total. The van der Waals surface area contributed by atoms with Crippen LogP contribution in [-0.2, 0) is 9.84 Å². The Kier molecular flexibility index (Phi) is 5.10. The lowest BCUT2D eigenvalue weighted by molar-refractivity contribution is 0.602. The zero-order valence-corrected chi connectivity index (χ0v) is 18.3. The minimum absolute atomic E-state index is 0.271. The van der Waals surface area contributed by atoms with Crippen LogP contribution in [0.2, 0.25) is 0 Å². The van der Waals surface area contributed by atoms with E-state index in [1.807, 2.05) is 24.3 Å². The van der Waals surface area contributed by atoms with Crippen molar-refractivity contribution >= 4 is 32.2 Å². The molecule has 9 heteroatoms. The summed E-state index contributed by atoms with van der Waals surface area (Å²) < 4.78 is 38.0. The summed E-state index contributed by atoms with van der Waals surface area (Å²) in [5.41, 5.74) is 4.64. The van der Waals surface area contributed by atoms with Gasteiger partial charge in [0.2, 0.25) is 0 Å². The highest BCUT2D eigenvalue weighted by Gasteiger charge is 2.12. The summed E-state index contributed by atoms with van der Waals surface area (Å²) in [5.74, 6) is 0.156. The van der Waals surface area contributed by atoms with Gasteiger partial charge in [-0.15, -0.1) is 0 Å². The van der Waals surface area contributed by atoms with E-state index in [2.05, 4.69) is 25.3 Å². The Bertz CT molecular complexity index is 1570. The van der Waals surface area contributed by atoms with Crippen molar-refractivity contribution in [3.8, 4) is 22.5 Å². The minimum Gasteiger partial charge on any atom is -0.351 e. The SMILES string of the molecule is CS(=O)(=O)c1ccc(-c2cccc(-c3nc4cc(F)c(Nc5cncnc5)cc4[nH]3)c2)cc1. The first-order valence-corrected chi connectivity index (χ1v) is 11.9. The molecular weight excluding hydrogens is 441 g/mol. The molecule has 2 aromatic heterocycles. The predicted molar refractivity (Wildman–Crippen MR) is 125 cm³/mol. The van der Waals surface area contributed by atoms with Crippen LogP contribution in [0.25, 0.3) is 33.5 Å². The molecule has 0 radical (unpaired) electrons. The standard InChI is InChI=1S/C24H18FN5O2S/c1-33(31,32)19-7-5-15(6-8-19)16-3-2-4-17(9-16)24-29-22-10-20(25)21(11-23(22)30-24)28-18-12-26-14-27-13-18/h2-14,28H,1H3,(H,29,30). The number of halogens is 1. The molecular formula is C24H18FN5O2S. The second-order valence-electron chi connectivity index (χ2n) is 7.56. The van der Waals surface area contributed by atoms with Gasteiger partial charge in [0.05, 0.1) is 39.7 Å². The monoisotopic (exact) mass is 459 g/mol. The Morgan fingerprint density at radius 2 is 1.64 bits per heavy atom. The van der Waals surface area contributed by atoms with E-state index in [0.717, 1.165) is 16.7 Å². The average molecular weight is 460 g/mol. The highest BCUT2D eigenvalue weighted by Crippen LogP contribution is 2.29. The third-order valence-corrected chi connectivity index (χ3v) is 6.29. The number of imidazole rings is 1. The molecule has 164 valence electrons. The lowest BCUT2D eigenvalue weighted by Gasteiger charge is -2.06. The molecule has 0 atom stereocenters. The number of H-pyrrole nitrogens is 1. The van der Waals surface area contributed by atoms with Crippen LogP contribution in [0, 0.1) is 5.82 Å². The molecule has 0 aliphatic heterocycles. The molecule has 3 aromatic carbocycles. The van der Waals surface area contributed by atoms with Gasteiger partial charge in [0.15, 0.2) is 9.84 Å². The maximum Gasteiger partial charge on any atom is 0.175 e. The first kappa shape index (κ1) is 20.8. The zero-order valence-electron chi connectivity index (χ0n) is 17.4. The molecule has 0 saturated heterocycles. The molecule has 0 saturated carbocycles. The number of hydrogen-bond donors (Lipinski definition) is 2. The minimum atomic E-state index is -3.25. The van der Waals surface area contributed by atoms with Gasteiger partial charge in [-0.1, -0.05) is 30.3 Å². The Morgan fingerprint density at radius 1 is 0.909 bits per heavy atom. The van der Waals surface area contributed by atoms with Crippen LogP contribution in [-0.4, -0.2) is 34.6 Å². The number of nitrogens with zero attached hydrogens (tertiary/aromatic N) is 3. The summed E-state index contributed by atoms with van der Waals surface area (Å²) in [4.78, 5) is 15.9. The fourth-order valence-corrected chi connectivity index (χ4v) is 4.15. The molecule has 0 aliphatic rings. The molecule has 0 spiro atoms. The molecule has 5 aromatic rings. The number of sulfone groups is 1. The van der Waals surface area contributed by atoms with E-state index in [1.54, 1.807) is 42.7 Å². The van der Waals surface area contributed by atoms with Gasteiger partial charge in [-0.2, -0.15) is 0 Å². The highest BCUT2D eigenvalue weighted by atomic mass is 32.2. The predicted octanol–water partition coefficient (Wildman–Crippen LogP) is 4.97. The van der Waals surface area contributed by atoms with Gasteiger partial charge in [0.1, 0.15) is 18.0 Å². The van der Waals surface area contributed by atoms with Crippen molar-refractivity contribution in [3.05, 3.63) is 85.2 Å². The molecule has 0 unspecified atom stereocenters. The van der Waals surface area contributed by atoms with Crippen LogP contribution in [0.4, 0.5) is 15.8 Å². The third kappa shape index (κ3) is 4.31. The lowest BCUT2D eigenvalue weighted by atomic mass is 10.0. The summed E-state index contributed by atoms with van der Waals surface area (Å²) in [7, 11) is -3.25. The van der Waals surface area contributed by atoms with Crippen LogP contribution < -0.4 is 5.32 Å². The van der Waals surface area contributed by atoms with E-state index in [-0.39, 0.29) is 10.6 Å². The van der Waals surface area contributed by atoms with E-state index in [4.69, 9.17) is 0 Å². The first-order valence-electron chi connectivity index (χ1n) is 9.99. The zero-order chi connectivity index (χ0) is 23.0. The van der Waals surface area contributed by atoms with Crippen LogP contribution in [0.1, 0.15) is 0 Å². The number of benzene rings is 3. The van der Waals surface area contributed by atoms with Crippen LogP contribution in [0.3, 0.4) is 0 Å². The fraction of sp³-hybridized carbons (Fsp3) is 0.0417. The van der Waals surface area contributed by atoms with E-state index in [0.29, 0.717) is 22.5 Å². The topological polar surface area (TPSA) is 101 Å². The maximum absolute atomic E-state index is 14.6. The molecule has 0 amide bonds. The van der Waals surface area contributed by atoms with Crippen molar-refractivity contribution in [3.63, 3.8) is 0 Å². The summed E-state index contributed by atoms with van der Waals surface area (Å²) in [6.07, 6.45) is 5.70. The normalized spacial score (nSPS) is 11.6. The van der Waals surface area contributed by atoms with Gasteiger partial charge in [-0.05, 0) is 35.4 Å². The van der Waals surface area contributed by atoms with Gasteiger partial charge >= 0.3 is 0 Å². The Morgan fingerprint density at radius 3 is 2.36 bits per heavy atom. The Hall–Kier alpha value is -4.11. The number of aromatic amines is 1. The number of fused-ring (bicyclic) bond motifs is 1. The molecule has 7 nitrogen and oxygen atoms in total. The number of anilines is 2. The van der Waals surface area contributed by atoms with E-state index in [1.165, 1.54) is 18.6 Å². The van der Waals surface area contributed by atoms with Crippen molar-refractivity contribution in [2.45, 2.75) is 4.90 Å². The average Bonchev–Trinajstić information content (AvgIpc) is 3.22. The van der Waals surface area contributed by atoms with Gasteiger partial charge in [0.25, 0.3) is 0 Å². The van der Waals surface area contributed by atoms with Crippen molar-refractivity contribution in [1.29, 1.82) is 0 Å². The Balaban J connectivity index is 1.48. The van der Waals surface area contributed by atoms with Crippen LogP contribution in [0.15, 0.2) is 84.3 Å². The van der Waals surface area contributed by atoms with E-state index < -0.39 is 15.7 Å². The van der Waals surface area contributed by atoms with Crippen molar-refractivity contribution in [1.82, 2.24) is 19.9 Å². The number of hydrogen-bond acceptors (Lipinski definition) is 6. The maximum atomic E-state index is 14.6. The first-order chi connectivity index (χ1) is 15.9. The Labute approximate surface area is 189 Å². The largest absolute Gasteiger partial charge is 0.351 e. The van der Waals surface area contributed by atoms with Gasteiger partial charge < -0.3 is 10.3 Å². The van der Waals surface area contributed by atoms with Crippen LogP contribution >= 0.6 is 0 Å². The summed E-state index contributed by atoms with van der Waals surface area (Å²) in [5, 5.41) is 2.97. The fourth-order valence-electron chi connectivity index (χ4n) is 3.52. The smallest absolute Gasteiger partial charge is 0.175 e. The molecule has 5 rings (SSSR count). The van der Waals surface area contributed by atoms with Crippen LogP contribution in [0.5, 0.6) is 0 Å². The number of nitrogens with one attached hydrogen (secondary N) is 2. The van der Waals surface area contributed by atoms with Gasteiger partial charge in [-0.3, -0.25) is 0 Å². The third-order valence-electron chi connectivity index (χ3n) is 5.16. The summed E-state index contributed by atoms with van der Waals surface area (Å²) >= 11 is 0. The summed E-state index contributed by atoms with van der Waals surface area (Å²) in [6, 6.07) is 17.4. The number of rotatable bonds is 5. The van der Waals surface area contributed by atoms with Gasteiger partial charge in [0, 0.05) is 17.9 Å².